The molecule has 0 saturated carbocycles. The molecule has 5 nitrogen and oxygen atoms in total. The second-order valence-electron chi connectivity index (χ2n) is 5.52. The van der Waals surface area contributed by atoms with E-state index < -0.39 is 16.1 Å². The van der Waals surface area contributed by atoms with Crippen LogP contribution in [0.5, 0.6) is 0 Å². The van der Waals surface area contributed by atoms with Crippen molar-refractivity contribution in [3.05, 3.63) is 71.3 Å². The van der Waals surface area contributed by atoms with Crippen LogP contribution in [0.2, 0.25) is 0 Å². The van der Waals surface area contributed by atoms with Crippen LogP contribution in [0.25, 0.3) is 0 Å². The average molecular weight is 344 g/mol. The maximum atomic E-state index is 12.8. The van der Waals surface area contributed by atoms with E-state index in [9.17, 15) is 13.5 Å². The van der Waals surface area contributed by atoms with E-state index in [4.69, 9.17) is 5.26 Å². The summed E-state index contributed by atoms with van der Waals surface area (Å²) in [4.78, 5) is 0. The highest BCUT2D eigenvalue weighted by Gasteiger charge is 2.27. The smallest absolute Gasteiger partial charge is 0.218 e. The number of nitriles is 1. The second kappa shape index (κ2) is 8.06. The highest BCUT2D eigenvalue weighted by molar-refractivity contribution is 7.88. The van der Waals surface area contributed by atoms with E-state index in [-0.39, 0.29) is 12.4 Å². The number of aliphatic hydroxyl groups is 1. The molecule has 0 spiro atoms. The quantitative estimate of drug-likeness (QED) is 0.836. The number of hydrogen-bond donors (Lipinski definition) is 1. The van der Waals surface area contributed by atoms with Gasteiger partial charge >= 0.3 is 0 Å². The number of rotatable bonds is 7. The summed E-state index contributed by atoms with van der Waals surface area (Å²) in [7, 11) is -2.07. The Hall–Kier alpha value is -2.20. The van der Waals surface area contributed by atoms with Crippen molar-refractivity contribution in [2.75, 3.05) is 13.7 Å². The zero-order valence-corrected chi connectivity index (χ0v) is 14.3. The van der Waals surface area contributed by atoms with Crippen LogP contribution < -0.4 is 0 Å². The van der Waals surface area contributed by atoms with Crippen LogP contribution in [-0.4, -0.2) is 31.5 Å². The molecule has 2 aromatic carbocycles. The minimum Gasteiger partial charge on any atom is -0.396 e. The summed E-state index contributed by atoms with van der Waals surface area (Å²) in [5, 5.41) is 18.3. The van der Waals surface area contributed by atoms with Crippen molar-refractivity contribution in [3.63, 3.8) is 0 Å². The Morgan fingerprint density at radius 2 is 1.88 bits per heavy atom. The molecule has 0 aliphatic rings. The summed E-state index contributed by atoms with van der Waals surface area (Å²) in [6, 6.07) is 17.4. The Morgan fingerprint density at radius 3 is 2.50 bits per heavy atom. The van der Waals surface area contributed by atoms with Gasteiger partial charge in [0.25, 0.3) is 0 Å². The zero-order chi connectivity index (χ0) is 17.6. The van der Waals surface area contributed by atoms with E-state index in [1.807, 2.05) is 36.4 Å². The Balaban J connectivity index is 2.27. The van der Waals surface area contributed by atoms with Gasteiger partial charge in [-0.1, -0.05) is 42.5 Å². The van der Waals surface area contributed by atoms with Crippen LogP contribution >= 0.6 is 0 Å². The van der Waals surface area contributed by atoms with Crippen LogP contribution in [0.3, 0.4) is 0 Å². The molecule has 2 aromatic rings. The fourth-order valence-corrected chi connectivity index (χ4v) is 4.01. The summed E-state index contributed by atoms with van der Waals surface area (Å²) in [6.07, 6.45) is 0.317. The predicted molar refractivity (Wildman–Crippen MR) is 92.4 cm³/mol. The van der Waals surface area contributed by atoms with Crippen LogP contribution in [0, 0.1) is 11.3 Å². The first-order valence-corrected chi connectivity index (χ1v) is 9.19. The van der Waals surface area contributed by atoms with E-state index in [2.05, 4.69) is 0 Å². The molecule has 0 bridgehead atoms. The van der Waals surface area contributed by atoms with Gasteiger partial charge in [0.15, 0.2) is 0 Å². The van der Waals surface area contributed by atoms with Crippen LogP contribution in [0.1, 0.15) is 29.2 Å². The molecule has 0 aromatic heterocycles. The lowest BCUT2D eigenvalue weighted by atomic mass is 10.0. The lowest BCUT2D eigenvalue weighted by Gasteiger charge is -2.27. The molecule has 0 fully saturated rings. The molecule has 24 heavy (non-hydrogen) atoms. The van der Waals surface area contributed by atoms with E-state index in [1.54, 1.807) is 24.3 Å². The molecule has 0 aliphatic heterocycles. The van der Waals surface area contributed by atoms with Crippen molar-refractivity contribution in [3.8, 4) is 6.07 Å². The molecule has 0 amide bonds. The summed E-state index contributed by atoms with van der Waals surface area (Å²) in [5.41, 5.74) is 1.83. The van der Waals surface area contributed by atoms with Crippen LogP contribution in [0.15, 0.2) is 54.6 Å². The van der Waals surface area contributed by atoms with Gasteiger partial charge in [-0.25, -0.2) is 8.42 Å². The highest BCUT2D eigenvalue weighted by atomic mass is 32.2. The molecule has 0 unspecified atom stereocenters. The van der Waals surface area contributed by atoms with Crippen molar-refractivity contribution in [1.29, 1.82) is 5.26 Å². The maximum absolute atomic E-state index is 12.8. The average Bonchev–Trinajstić information content (AvgIpc) is 2.59. The van der Waals surface area contributed by atoms with Crippen molar-refractivity contribution >= 4 is 10.0 Å². The van der Waals surface area contributed by atoms with Gasteiger partial charge in [0.1, 0.15) is 0 Å². The number of aliphatic hydroxyl groups excluding tert-OH is 1. The van der Waals surface area contributed by atoms with Gasteiger partial charge < -0.3 is 5.11 Å². The summed E-state index contributed by atoms with van der Waals surface area (Å²) >= 11 is 0. The molecule has 0 saturated heterocycles. The van der Waals surface area contributed by atoms with E-state index in [0.717, 1.165) is 5.56 Å². The number of hydrogen-bond acceptors (Lipinski definition) is 4. The Morgan fingerprint density at radius 1 is 1.17 bits per heavy atom. The van der Waals surface area contributed by atoms with Gasteiger partial charge in [0.2, 0.25) is 10.0 Å². The number of nitrogens with zero attached hydrogens (tertiary/aromatic N) is 2. The van der Waals surface area contributed by atoms with Gasteiger partial charge in [-0.3, -0.25) is 0 Å². The third kappa shape index (κ3) is 4.42. The largest absolute Gasteiger partial charge is 0.396 e. The second-order valence-corrected chi connectivity index (χ2v) is 7.55. The molecule has 1 atom stereocenters. The SMILES string of the molecule is CN([C@@H](CCO)c1ccccc1)S(=O)(=O)Cc1cccc(C#N)c1. The maximum Gasteiger partial charge on any atom is 0.218 e. The van der Waals surface area contributed by atoms with Gasteiger partial charge in [0, 0.05) is 13.7 Å². The third-order valence-corrected chi connectivity index (χ3v) is 5.70. The summed E-state index contributed by atoms with van der Waals surface area (Å²) in [6.45, 7) is -0.108. The van der Waals surface area contributed by atoms with E-state index in [1.165, 1.54) is 11.4 Å². The van der Waals surface area contributed by atoms with Crippen molar-refractivity contribution in [1.82, 2.24) is 4.31 Å². The molecular weight excluding hydrogens is 324 g/mol. The number of benzene rings is 2. The third-order valence-electron chi connectivity index (χ3n) is 3.87. The van der Waals surface area contributed by atoms with Gasteiger partial charge in [-0.15, -0.1) is 0 Å². The van der Waals surface area contributed by atoms with E-state index in [0.29, 0.717) is 17.5 Å². The molecule has 0 heterocycles. The van der Waals surface area contributed by atoms with E-state index >= 15 is 0 Å². The normalized spacial score (nSPS) is 12.8. The Kier molecular flexibility index (Phi) is 6.10. The first-order valence-electron chi connectivity index (χ1n) is 7.58. The fraction of sp³-hybridized carbons (Fsp3) is 0.278. The summed E-state index contributed by atoms with van der Waals surface area (Å²) < 4.78 is 26.8. The van der Waals surface area contributed by atoms with Crippen molar-refractivity contribution in [2.45, 2.75) is 18.2 Å². The standard InChI is InChI=1S/C18H20N2O3S/c1-20(18(10-11-21)17-8-3-2-4-9-17)24(22,23)14-16-7-5-6-15(12-16)13-19/h2-9,12,18,21H,10-11,14H2,1H3/t18-/m0/s1. The monoisotopic (exact) mass is 344 g/mol. The number of sulfonamides is 1. The minimum absolute atomic E-state index is 0.108. The first-order chi connectivity index (χ1) is 11.5. The molecule has 2 rings (SSSR count). The van der Waals surface area contributed by atoms with Crippen LogP contribution in [-0.2, 0) is 15.8 Å². The molecular formula is C18H20N2O3S. The Labute approximate surface area is 142 Å². The first kappa shape index (κ1) is 18.1. The molecule has 1 N–H and O–H groups in total. The lowest BCUT2D eigenvalue weighted by Crippen LogP contribution is -2.33. The lowest BCUT2D eigenvalue weighted by molar-refractivity contribution is 0.240. The van der Waals surface area contributed by atoms with Gasteiger partial charge in [-0.05, 0) is 29.7 Å². The molecule has 0 aliphatic carbocycles. The molecule has 0 radical (unpaired) electrons. The van der Waals surface area contributed by atoms with Crippen molar-refractivity contribution < 1.29 is 13.5 Å². The predicted octanol–water partition coefficient (Wildman–Crippen LogP) is 2.44. The molecule has 126 valence electrons. The zero-order valence-electron chi connectivity index (χ0n) is 13.5. The summed E-state index contributed by atoms with van der Waals surface area (Å²) in [5.74, 6) is -0.187. The molecule has 6 heteroatoms. The van der Waals surface area contributed by atoms with Gasteiger partial charge in [0.05, 0.1) is 23.4 Å². The van der Waals surface area contributed by atoms with Crippen LogP contribution in [0.4, 0.5) is 0 Å². The Bertz CT molecular complexity index is 814. The van der Waals surface area contributed by atoms with Crippen molar-refractivity contribution in [2.24, 2.45) is 0 Å². The highest BCUT2D eigenvalue weighted by Crippen LogP contribution is 2.26. The minimum atomic E-state index is -3.60. The topological polar surface area (TPSA) is 81.4 Å². The van der Waals surface area contributed by atoms with Gasteiger partial charge in [-0.2, -0.15) is 9.57 Å². The fourth-order valence-electron chi connectivity index (χ4n) is 2.59.